The predicted octanol–water partition coefficient (Wildman–Crippen LogP) is -0.674. The van der Waals surface area contributed by atoms with Gasteiger partial charge in [-0.2, -0.15) is 0 Å². The van der Waals surface area contributed by atoms with Crippen LogP contribution in [0.25, 0.3) is 0 Å². The van der Waals surface area contributed by atoms with Gasteiger partial charge in [0.25, 0.3) is 0 Å². The van der Waals surface area contributed by atoms with Crippen LogP contribution < -0.4 is 5.73 Å². The summed E-state index contributed by atoms with van der Waals surface area (Å²) >= 11 is 0. The lowest BCUT2D eigenvalue weighted by Gasteiger charge is -1.79. The highest BCUT2D eigenvalue weighted by atomic mass is 16.3. The largest absolute Gasteiger partial charge is 0.396 e. The molecule has 1 fully saturated rings. The van der Waals surface area contributed by atoms with Crippen molar-refractivity contribution in [2.24, 2.45) is 11.7 Å². The van der Waals surface area contributed by atoms with Crippen LogP contribution in [0.5, 0.6) is 0 Å². The van der Waals surface area contributed by atoms with Crippen LogP contribution in [0.15, 0.2) is 0 Å². The number of aliphatic hydroxyl groups excluding tert-OH is 1. The molecule has 36 valence electrons. The Balaban J connectivity index is 2.09. The van der Waals surface area contributed by atoms with Gasteiger partial charge >= 0.3 is 0 Å². The van der Waals surface area contributed by atoms with Crippen molar-refractivity contribution in [3.63, 3.8) is 0 Å². The number of rotatable bonds is 1. The zero-order valence-corrected chi connectivity index (χ0v) is 3.59. The van der Waals surface area contributed by atoms with Crippen molar-refractivity contribution in [1.82, 2.24) is 0 Å². The Morgan fingerprint density at radius 3 is 2.33 bits per heavy atom. The highest BCUT2D eigenvalue weighted by Gasteiger charge is 2.31. The molecule has 1 rings (SSSR count). The van der Waals surface area contributed by atoms with Crippen molar-refractivity contribution >= 4 is 0 Å². The van der Waals surface area contributed by atoms with Gasteiger partial charge in [0.1, 0.15) is 0 Å². The maximum Gasteiger partial charge on any atom is 0.0474 e. The molecule has 0 heterocycles. The minimum Gasteiger partial charge on any atom is -0.396 e. The monoisotopic (exact) mass is 87.1 g/mol. The van der Waals surface area contributed by atoms with Gasteiger partial charge < -0.3 is 10.8 Å². The van der Waals surface area contributed by atoms with E-state index in [1.807, 2.05) is 0 Å². The highest BCUT2D eigenvalue weighted by Crippen LogP contribution is 2.25. The standard InChI is InChI=1S/C4H9NO/c5-4-1-3(4)2-6/h3-4,6H,1-2,5H2/t3-,4+/m0/s1. The van der Waals surface area contributed by atoms with E-state index in [9.17, 15) is 0 Å². The molecule has 1 aliphatic rings. The molecule has 0 amide bonds. The lowest BCUT2D eigenvalue weighted by Crippen LogP contribution is -2.03. The van der Waals surface area contributed by atoms with Crippen molar-refractivity contribution in [1.29, 1.82) is 0 Å². The maximum absolute atomic E-state index is 8.30. The van der Waals surface area contributed by atoms with Gasteiger partial charge in [-0.05, 0) is 12.3 Å². The Morgan fingerprint density at radius 1 is 1.83 bits per heavy atom. The summed E-state index contributed by atoms with van der Waals surface area (Å²) in [7, 11) is 0. The summed E-state index contributed by atoms with van der Waals surface area (Å²) in [4.78, 5) is 0. The molecule has 0 bridgehead atoms. The van der Waals surface area contributed by atoms with E-state index in [2.05, 4.69) is 0 Å². The summed E-state index contributed by atoms with van der Waals surface area (Å²) in [6.45, 7) is 0.279. The second kappa shape index (κ2) is 1.21. The van der Waals surface area contributed by atoms with E-state index in [-0.39, 0.29) is 6.61 Å². The second-order valence-electron chi connectivity index (χ2n) is 1.84. The van der Waals surface area contributed by atoms with Gasteiger partial charge in [0.2, 0.25) is 0 Å². The first-order chi connectivity index (χ1) is 2.84. The molecule has 3 N–H and O–H groups in total. The van der Waals surface area contributed by atoms with E-state index in [0.29, 0.717) is 12.0 Å². The molecule has 2 heteroatoms. The van der Waals surface area contributed by atoms with Crippen LogP contribution in [0, 0.1) is 5.92 Å². The minimum atomic E-state index is 0.279. The summed E-state index contributed by atoms with van der Waals surface area (Å²) in [5.74, 6) is 0.435. The number of nitrogens with two attached hydrogens (primary N) is 1. The van der Waals surface area contributed by atoms with Crippen molar-refractivity contribution in [2.45, 2.75) is 12.5 Å². The zero-order chi connectivity index (χ0) is 4.57. The van der Waals surface area contributed by atoms with Crippen LogP contribution in [0.4, 0.5) is 0 Å². The van der Waals surface area contributed by atoms with E-state index in [1.165, 1.54) is 0 Å². The van der Waals surface area contributed by atoms with E-state index < -0.39 is 0 Å². The van der Waals surface area contributed by atoms with Gasteiger partial charge in [0.15, 0.2) is 0 Å². The summed E-state index contributed by atoms with van der Waals surface area (Å²) < 4.78 is 0. The molecule has 2 nitrogen and oxygen atoms in total. The van der Waals surface area contributed by atoms with Crippen LogP contribution in [-0.2, 0) is 0 Å². The fraction of sp³-hybridized carbons (Fsp3) is 1.00. The van der Waals surface area contributed by atoms with Crippen LogP contribution >= 0.6 is 0 Å². The Labute approximate surface area is 37.0 Å². The first-order valence-corrected chi connectivity index (χ1v) is 2.21. The highest BCUT2D eigenvalue weighted by molar-refractivity contribution is 4.88. The van der Waals surface area contributed by atoms with Crippen molar-refractivity contribution in [3.05, 3.63) is 0 Å². The van der Waals surface area contributed by atoms with Crippen LogP contribution in [0.2, 0.25) is 0 Å². The average Bonchev–Trinajstić information content (AvgIpc) is 2.19. The summed E-state index contributed by atoms with van der Waals surface area (Å²) in [5.41, 5.74) is 5.32. The molecule has 0 aliphatic heterocycles. The maximum atomic E-state index is 8.30. The molecule has 0 radical (unpaired) electrons. The van der Waals surface area contributed by atoms with Crippen LogP contribution in [0.3, 0.4) is 0 Å². The van der Waals surface area contributed by atoms with Crippen LogP contribution in [0.1, 0.15) is 6.42 Å². The molecular formula is C4H9NO. The summed E-state index contributed by atoms with van der Waals surface area (Å²) in [6.07, 6.45) is 1.02. The SMILES string of the molecule is N[C@@H]1C[C@H]1CO. The zero-order valence-electron chi connectivity index (χ0n) is 3.59. The smallest absolute Gasteiger partial charge is 0.0474 e. The summed E-state index contributed by atoms with van der Waals surface area (Å²) in [5, 5.41) is 8.30. The third-order valence-electron chi connectivity index (χ3n) is 1.21. The van der Waals surface area contributed by atoms with Gasteiger partial charge in [-0.1, -0.05) is 0 Å². The van der Waals surface area contributed by atoms with E-state index >= 15 is 0 Å². The fourth-order valence-electron chi connectivity index (χ4n) is 0.481. The molecule has 0 spiro atoms. The Bertz CT molecular complexity index is 53.5. The Hall–Kier alpha value is -0.0800. The second-order valence-corrected chi connectivity index (χ2v) is 1.84. The van der Waals surface area contributed by atoms with E-state index in [4.69, 9.17) is 10.8 Å². The van der Waals surface area contributed by atoms with E-state index in [1.54, 1.807) is 0 Å². The third kappa shape index (κ3) is 0.533. The predicted molar refractivity (Wildman–Crippen MR) is 23.2 cm³/mol. The molecule has 0 aromatic heterocycles. The number of hydrogen-bond acceptors (Lipinski definition) is 2. The third-order valence-corrected chi connectivity index (χ3v) is 1.21. The van der Waals surface area contributed by atoms with E-state index in [0.717, 1.165) is 6.42 Å². The Kier molecular flexibility index (Phi) is 0.821. The number of aliphatic hydroxyl groups is 1. The van der Waals surface area contributed by atoms with Crippen LogP contribution in [-0.4, -0.2) is 17.8 Å². The molecule has 1 aliphatic carbocycles. The molecular weight excluding hydrogens is 78.0 g/mol. The first kappa shape index (κ1) is 4.09. The van der Waals surface area contributed by atoms with Gasteiger partial charge in [0, 0.05) is 12.6 Å². The molecule has 6 heavy (non-hydrogen) atoms. The molecule has 0 saturated heterocycles. The quantitative estimate of drug-likeness (QED) is 0.445. The van der Waals surface area contributed by atoms with Crippen molar-refractivity contribution < 1.29 is 5.11 Å². The van der Waals surface area contributed by atoms with Gasteiger partial charge in [0.05, 0.1) is 0 Å². The van der Waals surface area contributed by atoms with Gasteiger partial charge in [-0.3, -0.25) is 0 Å². The van der Waals surface area contributed by atoms with Crippen molar-refractivity contribution in [2.75, 3.05) is 6.61 Å². The lowest BCUT2D eigenvalue weighted by atomic mass is 10.4. The van der Waals surface area contributed by atoms with Crippen molar-refractivity contribution in [3.8, 4) is 0 Å². The molecule has 1 saturated carbocycles. The number of hydrogen-bond donors (Lipinski definition) is 2. The molecule has 0 aromatic rings. The minimum absolute atomic E-state index is 0.279. The Morgan fingerprint density at radius 2 is 2.33 bits per heavy atom. The average molecular weight is 87.1 g/mol. The molecule has 2 atom stereocenters. The summed E-state index contributed by atoms with van der Waals surface area (Å²) in [6, 6.07) is 0.315. The lowest BCUT2D eigenvalue weighted by molar-refractivity contribution is 0.274. The first-order valence-electron chi connectivity index (χ1n) is 2.21. The van der Waals surface area contributed by atoms with Gasteiger partial charge in [-0.15, -0.1) is 0 Å². The molecule has 0 aromatic carbocycles. The fourth-order valence-corrected chi connectivity index (χ4v) is 0.481. The molecule has 0 unspecified atom stereocenters. The van der Waals surface area contributed by atoms with Gasteiger partial charge in [-0.25, -0.2) is 0 Å². The normalized spacial score (nSPS) is 43.0. The topological polar surface area (TPSA) is 46.2 Å².